The molecule has 39 heavy (non-hydrogen) atoms. The molecule has 4 atom stereocenters. The Bertz CT molecular complexity index is 857. The summed E-state index contributed by atoms with van der Waals surface area (Å²) in [6.07, 6.45) is 19.9. The zero-order valence-corrected chi connectivity index (χ0v) is 23.4. The van der Waals surface area contributed by atoms with E-state index in [1.165, 1.54) is 19.3 Å². The third kappa shape index (κ3) is 20.7. The van der Waals surface area contributed by atoms with Gasteiger partial charge >= 0.3 is 17.9 Å². The Balaban J connectivity index is 5.01. The number of hydrogen-bond acceptors (Lipinski definition) is 7. The van der Waals surface area contributed by atoms with Gasteiger partial charge in [-0.05, 0) is 38.5 Å². The van der Waals surface area contributed by atoms with E-state index in [9.17, 15) is 29.4 Å². The second kappa shape index (κ2) is 23.0. The van der Waals surface area contributed by atoms with E-state index >= 15 is 0 Å². The van der Waals surface area contributed by atoms with Gasteiger partial charge < -0.3 is 31.5 Å². The zero-order chi connectivity index (χ0) is 29.5. The molecule has 0 radical (unpaired) electrons. The highest BCUT2D eigenvalue weighted by atomic mass is 32.2. The van der Waals surface area contributed by atoms with Crippen molar-refractivity contribution in [1.82, 2.24) is 5.32 Å². The molecule has 0 aliphatic rings. The standard InChI is InChI=1S/C28H44N2O8S/c1-2-3-4-5-6-7-8-9-10-11-12-13-16-24(23(31)15-14-17-26(33)34)39-20-22(28(37)38)30-25(32)19-18-21(29)27(35)36/h6-7,9-13,16,21-24,31H,2-5,8,14-15,17-20,29H2,1H3,(H,30,32)(H,33,34)(H,35,36)(H,37,38)/b7-6+,10-9+,12-11+,16-13-/t21-,22+,23-,24+/m0/s1. The van der Waals surface area contributed by atoms with Crippen LogP contribution in [0.4, 0.5) is 0 Å². The van der Waals surface area contributed by atoms with E-state index in [0.29, 0.717) is 0 Å². The average Bonchev–Trinajstić information content (AvgIpc) is 2.88. The monoisotopic (exact) mass is 568 g/mol. The van der Waals surface area contributed by atoms with Crippen LogP contribution in [0.5, 0.6) is 0 Å². The van der Waals surface area contributed by atoms with Crippen LogP contribution in [0.15, 0.2) is 48.6 Å². The maximum Gasteiger partial charge on any atom is 0.327 e. The third-order valence-electron chi connectivity index (χ3n) is 5.54. The van der Waals surface area contributed by atoms with Gasteiger partial charge in [-0.15, -0.1) is 11.8 Å². The molecule has 0 aliphatic heterocycles. The molecule has 0 unspecified atom stereocenters. The maximum atomic E-state index is 12.1. The molecule has 1 amide bonds. The van der Waals surface area contributed by atoms with E-state index < -0.39 is 47.3 Å². The first-order valence-corrected chi connectivity index (χ1v) is 14.3. The number of aliphatic carboxylic acids is 3. The number of carbonyl (C=O) groups excluding carboxylic acids is 1. The summed E-state index contributed by atoms with van der Waals surface area (Å²) in [5, 5.41) is 39.6. The first-order chi connectivity index (χ1) is 18.6. The number of allylic oxidation sites excluding steroid dienone is 7. The van der Waals surface area contributed by atoms with Crippen molar-refractivity contribution in [2.75, 3.05) is 5.75 Å². The Morgan fingerprint density at radius 2 is 1.59 bits per heavy atom. The lowest BCUT2D eigenvalue weighted by Crippen LogP contribution is -2.44. The van der Waals surface area contributed by atoms with Gasteiger partial charge in [-0.3, -0.25) is 14.4 Å². The molecule has 0 spiro atoms. The van der Waals surface area contributed by atoms with E-state index in [1.807, 2.05) is 18.2 Å². The Labute approximate surface area is 235 Å². The topological polar surface area (TPSA) is 187 Å². The van der Waals surface area contributed by atoms with Crippen molar-refractivity contribution in [1.29, 1.82) is 0 Å². The molecular weight excluding hydrogens is 524 g/mol. The molecule has 0 saturated heterocycles. The number of aliphatic hydroxyl groups is 1. The largest absolute Gasteiger partial charge is 0.481 e. The number of amides is 1. The van der Waals surface area contributed by atoms with E-state index in [2.05, 4.69) is 24.4 Å². The van der Waals surface area contributed by atoms with Crippen molar-refractivity contribution in [2.24, 2.45) is 5.73 Å². The van der Waals surface area contributed by atoms with E-state index in [4.69, 9.17) is 15.9 Å². The lowest BCUT2D eigenvalue weighted by Gasteiger charge is -2.22. The smallest absolute Gasteiger partial charge is 0.327 e. The first kappa shape index (κ1) is 36.1. The fourth-order valence-corrected chi connectivity index (χ4v) is 4.44. The average molecular weight is 569 g/mol. The minimum Gasteiger partial charge on any atom is -0.481 e. The molecule has 0 saturated carbocycles. The Morgan fingerprint density at radius 1 is 0.872 bits per heavy atom. The number of nitrogens with two attached hydrogens (primary N) is 1. The van der Waals surface area contributed by atoms with Crippen molar-refractivity contribution >= 4 is 35.6 Å². The van der Waals surface area contributed by atoms with E-state index in [0.717, 1.165) is 24.6 Å². The lowest BCUT2D eigenvalue weighted by molar-refractivity contribution is -0.141. The van der Waals surface area contributed by atoms with Gasteiger partial charge in [0.15, 0.2) is 0 Å². The molecule has 0 aromatic rings. The quantitative estimate of drug-likeness (QED) is 0.0603. The molecular formula is C28H44N2O8S. The molecule has 7 N–H and O–H groups in total. The summed E-state index contributed by atoms with van der Waals surface area (Å²) < 4.78 is 0. The van der Waals surface area contributed by atoms with Crippen LogP contribution < -0.4 is 11.1 Å². The van der Waals surface area contributed by atoms with E-state index in [1.54, 1.807) is 18.2 Å². The summed E-state index contributed by atoms with van der Waals surface area (Å²) in [6, 6.07) is -2.49. The van der Waals surface area contributed by atoms with Crippen LogP contribution in [0.3, 0.4) is 0 Å². The molecule has 0 fully saturated rings. The highest BCUT2D eigenvalue weighted by Gasteiger charge is 2.25. The predicted octanol–water partition coefficient (Wildman–Crippen LogP) is 3.66. The fraction of sp³-hybridized carbons (Fsp3) is 0.571. The van der Waals surface area contributed by atoms with Crippen LogP contribution in [0, 0.1) is 0 Å². The summed E-state index contributed by atoms with van der Waals surface area (Å²) in [7, 11) is 0. The van der Waals surface area contributed by atoms with E-state index in [-0.39, 0.29) is 37.9 Å². The Morgan fingerprint density at radius 3 is 2.23 bits per heavy atom. The van der Waals surface area contributed by atoms with Crippen LogP contribution in [-0.2, 0) is 19.2 Å². The predicted molar refractivity (Wildman–Crippen MR) is 153 cm³/mol. The van der Waals surface area contributed by atoms with Crippen LogP contribution in [-0.4, -0.2) is 73.4 Å². The molecule has 0 aromatic carbocycles. The van der Waals surface area contributed by atoms with Crippen LogP contribution in [0.2, 0.25) is 0 Å². The summed E-state index contributed by atoms with van der Waals surface area (Å²) in [5.41, 5.74) is 5.38. The van der Waals surface area contributed by atoms with Gasteiger partial charge in [0.05, 0.1) is 6.10 Å². The number of aliphatic hydroxyl groups excluding tert-OH is 1. The molecule has 10 nitrogen and oxygen atoms in total. The number of unbranched alkanes of at least 4 members (excludes halogenated alkanes) is 3. The van der Waals surface area contributed by atoms with Gasteiger partial charge in [-0.2, -0.15) is 0 Å². The van der Waals surface area contributed by atoms with Crippen LogP contribution in [0.25, 0.3) is 0 Å². The van der Waals surface area contributed by atoms with Gasteiger partial charge in [0.2, 0.25) is 5.91 Å². The lowest BCUT2D eigenvalue weighted by atomic mass is 10.1. The van der Waals surface area contributed by atoms with Crippen molar-refractivity contribution in [3.05, 3.63) is 48.6 Å². The summed E-state index contributed by atoms with van der Waals surface area (Å²) in [6.45, 7) is 2.17. The molecule has 0 aromatic heterocycles. The first-order valence-electron chi connectivity index (χ1n) is 13.2. The summed E-state index contributed by atoms with van der Waals surface area (Å²) >= 11 is 1.12. The number of thioether (sulfide) groups is 1. The molecule has 0 rings (SSSR count). The Hall–Kier alpha value is -2.89. The molecule has 0 heterocycles. The zero-order valence-electron chi connectivity index (χ0n) is 22.6. The van der Waals surface area contributed by atoms with Crippen LogP contribution in [0.1, 0.15) is 71.1 Å². The van der Waals surface area contributed by atoms with Crippen molar-refractivity contribution in [3.8, 4) is 0 Å². The van der Waals surface area contributed by atoms with Crippen LogP contribution >= 0.6 is 11.8 Å². The number of carboxylic acids is 3. The number of carboxylic acid groups (broad SMARTS) is 3. The number of hydrogen-bond donors (Lipinski definition) is 6. The normalized spacial score (nSPS) is 15.2. The van der Waals surface area contributed by atoms with Gasteiger partial charge in [-0.25, -0.2) is 4.79 Å². The van der Waals surface area contributed by atoms with Crippen molar-refractivity contribution < 1.29 is 39.6 Å². The van der Waals surface area contributed by atoms with Gasteiger partial charge in [0, 0.05) is 23.8 Å². The minimum atomic E-state index is -1.27. The maximum absolute atomic E-state index is 12.1. The molecule has 0 bridgehead atoms. The number of nitrogens with one attached hydrogen (secondary N) is 1. The summed E-state index contributed by atoms with van der Waals surface area (Å²) in [5.74, 6) is -4.20. The fourth-order valence-electron chi connectivity index (χ4n) is 3.24. The highest BCUT2D eigenvalue weighted by Crippen LogP contribution is 2.21. The Kier molecular flexibility index (Phi) is 21.3. The van der Waals surface area contributed by atoms with Gasteiger partial charge in [0.1, 0.15) is 12.1 Å². The molecule has 0 aliphatic carbocycles. The van der Waals surface area contributed by atoms with Crippen molar-refractivity contribution in [2.45, 2.75) is 94.6 Å². The molecule has 220 valence electrons. The summed E-state index contributed by atoms with van der Waals surface area (Å²) in [4.78, 5) is 45.4. The second-order valence-corrected chi connectivity index (χ2v) is 10.2. The third-order valence-corrected chi connectivity index (χ3v) is 6.92. The van der Waals surface area contributed by atoms with Crippen molar-refractivity contribution in [3.63, 3.8) is 0 Å². The molecule has 11 heteroatoms. The SMILES string of the molecule is CCCCC/C=C/C/C=C/C=C/C=C\[C@@H](SC[C@@H](NC(=O)CC[C@H](N)C(=O)O)C(=O)O)[C@@H](O)CCCC(=O)O. The number of carbonyl (C=O) groups is 4. The number of rotatable bonds is 23. The highest BCUT2D eigenvalue weighted by molar-refractivity contribution is 8.00. The minimum absolute atomic E-state index is 0.0642. The van der Waals surface area contributed by atoms with Gasteiger partial charge in [-0.1, -0.05) is 68.4 Å². The second-order valence-electron chi connectivity index (χ2n) is 8.99. The van der Waals surface area contributed by atoms with Gasteiger partial charge in [0.25, 0.3) is 0 Å².